The molecule has 1 aliphatic heterocycles. The molecule has 2 heterocycles. The Labute approximate surface area is 168 Å². The van der Waals surface area contributed by atoms with E-state index in [1.54, 1.807) is 71.8 Å². The van der Waals surface area contributed by atoms with E-state index < -0.39 is 21.4 Å². The van der Waals surface area contributed by atoms with Gasteiger partial charge in [0.1, 0.15) is 18.5 Å². The van der Waals surface area contributed by atoms with Gasteiger partial charge in [-0.3, -0.25) is 4.31 Å². The molecule has 9 heteroatoms. The van der Waals surface area contributed by atoms with Crippen molar-refractivity contribution in [1.82, 2.24) is 9.55 Å². The number of benzene rings is 2. The van der Waals surface area contributed by atoms with Gasteiger partial charge in [0.15, 0.2) is 0 Å². The van der Waals surface area contributed by atoms with Gasteiger partial charge in [0, 0.05) is 12.4 Å². The zero-order valence-corrected chi connectivity index (χ0v) is 16.2. The van der Waals surface area contributed by atoms with Gasteiger partial charge in [-0.05, 0) is 17.7 Å². The van der Waals surface area contributed by atoms with Crippen LogP contribution in [0.15, 0.2) is 73.3 Å². The van der Waals surface area contributed by atoms with E-state index in [9.17, 15) is 13.2 Å². The minimum absolute atomic E-state index is 0.0159. The second-order valence-corrected chi connectivity index (χ2v) is 8.25. The minimum atomic E-state index is -4.39. The van der Waals surface area contributed by atoms with Crippen molar-refractivity contribution in [2.45, 2.75) is 19.3 Å². The van der Waals surface area contributed by atoms with Crippen LogP contribution in [0.3, 0.4) is 0 Å². The van der Waals surface area contributed by atoms with Crippen molar-refractivity contribution in [3.05, 3.63) is 78.9 Å². The monoisotopic (exact) mass is 413 g/mol. The number of nitrogens with zero attached hydrogens (tertiary/aromatic N) is 3. The van der Waals surface area contributed by atoms with Gasteiger partial charge in [-0.15, -0.1) is 0 Å². The molecule has 0 fully saturated rings. The Bertz CT molecular complexity index is 1080. The maximum absolute atomic E-state index is 13.0. The van der Waals surface area contributed by atoms with E-state index in [2.05, 4.69) is 4.98 Å². The molecule has 1 unspecified atom stereocenters. The van der Waals surface area contributed by atoms with Gasteiger partial charge in [-0.1, -0.05) is 42.5 Å². The first kappa shape index (κ1) is 19.0. The first-order chi connectivity index (χ1) is 14.0. The van der Waals surface area contributed by atoms with Crippen LogP contribution in [0.2, 0.25) is 0 Å². The van der Waals surface area contributed by atoms with E-state index in [1.807, 2.05) is 6.07 Å². The molecule has 3 aromatic rings. The van der Waals surface area contributed by atoms with Crippen LogP contribution in [0.4, 0.5) is 10.5 Å². The molecule has 0 N–H and O–H groups in total. The van der Waals surface area contributed by atoms with Gasteiger partial charge in [-0.25, -0.2) is 9.78 Å². The van der Waals surface area contributed by atoms with Gasteiger partial charge in [0.05, 0.1) is 25.1 Å². The molecule has 8 nitrogen and oxygen atoms in total. The number of ether oxygens (including phenoxy) is 2. The number of carbonyl (C=O) groups excluding carboxylic acids is 1. The number of aromatic nitrogens is 2. The summed E-state index contributed by atoms with van der Waals surface area (Å²) in [7, 11) is -4.39. The van der Waals surface area contributed by atoms with Crippen LogP contribution in [0.25, 0.3) is 0 Å². The average Bonchev–Trinajstić information content (AvgIpc) is 3.25. The zero-order chi connectivity index (χ0) is 20.3. The molecule has 0 amide bonds. The molecule has 4 rings (SSSR count). The Balaban J connectivity index is 1.56. The van der Waals surface area contributed by atoms with Gasteiger partial charge >= 0.3 is 15.3 Å². The van der Waals surface area contributed by atoms with Crippen LogP contribution >= 0.6 is 0 Å². The quantitative estimate of drug-likeness (QED) is 0.598. The smallest absolute Gasteiger partial charge is 0.445 e. The van der Waals surface area contributed by atoms with Crippen LogP contribution < -0.4 is 9.04 Å². The number of hydrogen-bond donors (Lipinski definition) is 0. The molecule has 0 bridgehead atoms. The third kappa shape index (κ3) is 4.09. The molecule has 1 aliphatic rings. The van der Waals surface area contributed by atoms with E-state index in [0.29, 0.717) is 23.5 Å². The molecule has 0 saturated carbocycles. The lowest BCUT2D eigenvalue weighted by atomic mass is 10.2. The molecule has 2 aromatic carbocycles. The third-order valence-corrected chi connectivity index (χ3v) is 5.94. The lowest BCUT2D eigenvalue weighted by Gasteiger charge is -2.34. The highest BCUT2D eigenvalue weighted by Crippen LogP contribution is 2.35. The summed E-state index contributed by atoms with van der Waals surface area (Å²) in [5, 5.41) is -1.29. The second-order valence-electron chi connectivity index (χ2n) is 6.53. The number of carbonyl (C=O) groups is 1. The molecule has 1 atom stereocenters. The zero-order valence-electron chi connectivity index (χ0n) is 15.4. The fourth-order valence-corrected chi connectivity index (χ4v) is 4.26. The summed E-state index contributed by atoms with van der Waals surface area (Å²) in [5.74, 6) is 0.392. The first-order valence-corrected chi connectivity index (χ1v) is 10.4. The predicted molar refractivity (Wildman–Crippen MR) is 106 cm³/mol. The number of hydrogen-bond acceptors (Lipinski definition) is 6. The lowest BCUT2D eigenvalue weighted by Crippen LogP contribution is -2.47. The number of fused-ring (bicyclic) bond motifs is 1. The van der Waals surface area contributed by atoms with Crippen molar-refractivity contribution in [3.8, 4) is 5.75 Å². The van der Waals surface area contributed by atoms with Crippen LogP contribution in [0.5, 0.6) is 5.75 Å². The topological polar surface area (TPSA) is 90.7 Å². The maximum atomic E-state index is 13.0. The first-order valence-electron chi connectivity index (χ1n) is 8.99. The Hall–Kier alpha value is -3.33. The summed E-state index contributed by atoms with van der Waals surface area (Å²) in [6.07, 6.45) is 4.52. The Kier molecular flexibility index (Phi) is 5.22. The minimum Gasteiger partial charge on any atom is -0.484 e. The SMILES string of the molecule is O=C(OCc1ccccc1)S(=O)(=O)N1CC(Cn2ccnc2)Oc2ccccc21. The summed E-state index contributed by atoms with van der Waals surface area (Å²) in [4.78, 5) is 16.4. The molecule has 0 aliphatic carbocycles. The summed E-state index contributed by atoms with van der Waals surface area (Å²) < 4.78 is 39.8. The summed E-state index contributed by atoms with van der Waals surface area (Å²) in [5.41, 5.74) is 1.02. The highest BCUT2D eigenvalue weighted by molar-refractivity contribution is 8.06. The van der Waals surface area contributed by atoms with Crippen molar-refractivity contribution in [1.29, 1.82) is 0 Å². The van der Waals surface area contributed by atoms with E-state index in [4.69, 9.17) is 9.47 Å². The van der Waals surface area contributed by atoms with E-state index in [1.165, 1.54) is 0 Å². The molecule has 0 spiro atoms. The third-order valence-electron chi connectivity index (χ3n) is 4.47. The summed E-state index contributed by atoms with van der Waals surface area (Å²) >= 11 is 0. The van der Waals surface area contributed by atoms with Crippen LogP contribution in [0.1, 0.15) is 5.56 Å². The van der Waals surface area contributed by atoms with E-state index in [-0.39, 0.29) is 13.2 Å². The van der Waals surface area contributed by atoms with Gasteiger partial charge in [0.2, 0.25) is 0 Å². The highest BCUT2D eigenvalue weighted by Gasteiger charge is 2.39. The van der Waals surface area contributed by atoms with Crippen molar-refractivity contribution >= 4 is 21.0 Å². The fourth-order valence-electron chi connectivity index (χ4n) is 3.10. The van der Waals surface area contributed by atoms with E-state index >= 15 is 0 Å². The Morgan fingerprint density at radius 1 is 1.14 bits per heavy atom. The van der Waals surface area contributed by atoms with Crippen molar-refractivity contribution in [2.75, 3.05) is 10.8 Å². The second kappa shape index (κ2) is 7.96. The van der Waals surface area contributed by atoms with Crippen LogP contribution in [-0.2, 0) is 27.9 Å². The van der Waals surface area contributed by atoms with Crippen LogP contribution in [-0.4, -0.2) is 35.9 Å². The average molecular weight is 413 g/mol. The molecular weight excluding hydrogens is 394 g/mol. The largest absolute Gasteiger partial charge is 0.484 e. The predicted octanol–water partition coefficient (Wildman–Crippen LogP) is 2.82. The number of rotatable bonds is 5. The van der Waals surface area contributed by atoms with Gasteiger partial charge in [-0.2, -0.15) is 8.42 Å². The fraction of sp³-hybridized carbons (Fsp3) is 0.200. The molecule has 1 aromatic heterocycles. The molecule has 0 saturated heterocycles. The van der Waals surface area contributed by atoms with Gasteiger partial charge < -0.3 is 14.0 Å². The highest BCUT2D eigenvalue weighted by atomic mass is 32.2. The Morgan fingerprint density at radius 3 is 2.66 bits per heavy atom. The van der Waals surface area contributed by atoms with Gasteiger partial charge in [0.25, 0.3) is 0 Å². The number of anilines is 1. The number of para-hydroxylation sites is 2. The number of sulfonamides is 1. The van der Waals surface area contributed by atoms with Crippen LogP contribution in [0, 0.1) is 0 Å². The Morgan fingerprint density at radius 2 is 1.90 bits per heavy atom. The van der Waals surface area contributed by atoms with Crippen molar-refractivity contribution < 1.29 is 22.7 Å². The summed E-state index contributed by atoms with van der Waals surface area (Å²) in [6.45, 7) is 0.251. The maximum Gasteiger partial charge on any atom is 0.445 e. The lowest BCUT2D eigenvalue weighted by molar-refractivity contribution is 0.164. The normalized spacial score (nSPS) is 16.0. The molecule has 0 radical (unpaired) electrons. The standard InChI is InChI=1S/C20H19N3O5S/c24-20(27-14-16-6-2-1-3-7-16)29(25,26)23-13-17(12-22-11-10-21-15-22)28-19-9-5-4-8-18(19)23/h1-11,15,17H,12-14H2. The molecule has 150 valence electrons. The van der Waals surface area contributed by atoms with E-state index in [0.717, 1.165) is 4.31 Å². The summed E-state index contributed by atoms with van der Waals surface area (Å²) in [6, 6.07) is 15.6. The van der Waals surface area contributed by atoms with Crippen molar-refractivity contribution in [2.24, 2.45) is 0 Å². The molecule has 29 heavy (non-hydrogen) atoms. The molecular formula is C20H19N3O5S. The number of imidazole rings is 1. The van der Waals surface area contributed by atoms with Crippen molar-refractivity contribution in [3.63, 3.8) is 0 Å².